The van der Waals surface area contributed by atoms with Crippen LogP contribution in [-0.2, 0) is 21.3 Å². The second-order valence-electron chi connectivity index (χ2n) is 5.93. The standard InChI is InChI=1S/C17H22N4O3S2/c1-13-2-4-14(5-3-13)20-17(18)19-12-15-6-7-16(25-15)26(22,23)21-8-10-24-11-9-21/h2-7H,8-12H2,1H3,(H3,18,19,20). The van der Waals surface area contributed by atoms with E-state index in [2.05, 4.69) is 10.3 Å². The number of ether oxygens (including phenoxy) is 1. The quantitative estimate of drug-likeness (QED) is 0.597. The third-order valence-electron chi connectivity index (χ3n) is 3.93. The highest BCUT2D eigenvalue weighted by Gasteiger charge is 2.27. The lowest BCUT2D eigenvalue weighted by atomic mass is 10.2. The van der Waals surface area contributed by atoms with E-state index >= 15 is 0 Å². The van der Waals surface area contributed by atoms with Gasteiger partial charge in [0, 0.05) is 23.7 Å². The van der Waals surface area contributed by atoms with E-state index in [-0.39, 0.29) is 0 Å². The molecule has 3 rings (SSSR count). The summed E-state index contributed by atoms with van der Waals surface area (Å²) < 4.78 is 32.2. The van der Waals surface area contributed by atoms with Crippen LogP contribution in [0, 0.1) is 6.92 Å². The normalized spacial score (nSPS) is 16.6. The van der Waals surface area contributed by atoms with E-state index < -0.39 is 10.0 Å². The molecular formula is C17H22N4O3S2. The molecule has 0 unspecified atom stereocenters. The van der Waals surface area contributed by atoms with Crippen LogP contribution in [0.4, 0.5) is 5.69 Å². The van der Waals surface area contributed by atoms with Crippen LogP contribution in [0.25, 0.3) is 0 Å². The minimum absolute atomic E-state index is 0.292. The van der Waals surface area contributed by atoms with Crippen molar-refractivity contribution in [2.75, 3.05) is 31.6 Å². The smallest absolute Gasteiger partial charge is 0.252 e. The molecule has 3 N–H and O–H groups in total. The third-order valence-corrected chi connectivity index (χ3v) is 7.37. The van der Waals surface area contributed by atoms with Crippen LogP contribution in [0.1, 0.15) is 10.4 Å². The van der Waals surface area contributed by atoms with Crippen LogP contribution in [0.2, 0.25) is 0 Å². The molecule has 0 spiro atoms. The molecule has 1 saturated heterocycles. The number of nitrogens with zero attached hydrogens (tertiary/aromatic N) is 2. The van der Waals surface area contributed by atoms with Crippen molar-refractivity contribution in [2.45, 2.75) is 17.7 Å². The second-order valence-corrected chi connectivity index (χ2v) is 9.26. The van der Waals surface area contributed by atoms with E-state index in [0.717, 1.165) is 10.6 Å². The van der Waals surface area contributed by atoms with Crippen molar-refractivity contribution in [3.8, 4) is 0 Å². The number of thiophene rings is 1. The van der Waals surface area contributed by atoms with Gasteiger partial charge in [0.15, 0.2) is 5.96 Å². The molecule has 2 aromatic rings. The van der Waals surface area contributed by atoms with Gasteiger partial charge < -0.3 is 15.8 Å². The van der Waals surface area contributed by atoms with Gasteiger partial charge in [-0.3, -0.25) is 0 Å². The summed E-state index contributed by atoms with van der Waals surface area (Å²) in [6.07, 6.45) is 0. The molecule has 9 heteroatoms. The number of rotatable bonds is 5. The van der Waals surface area contributed by atoms with Crippen molar-refractivity contribution < 1.29 is 13.2 Å². The Kier molecular flexibility index (Phi) is 5.92. The number of sulfonamides is 1. The Morgan fingerprint density at radius 3 is 2.62 bits per heavy atom. The van der Waals surface area contributed by atoms with Gasteiger partial charge in [-0.05, 0) is 31.2 Å². The predicted octanol–water partition coefficient (Wildman–Crippen LogP) is 2.00. The summed E-state index contributed by atoms with van der Waals surface area (Å²) in [6, 6.07) is 11.2. The molecule has 2 heterocycles. The number of morpholine rings is 1. The molecule has 26 heavy (non-hydrogen) atoms. The van der Waals surface area contributed by atoms with Crippen molar-refractivity contribution in [2.24, 2.45) is 10.7 Å². The van der Waals surface area contributed by atoms with Crippen molar-refractivity contribution >= 4 is 33.0 Å². The largest absolute Gasteiger partial charge is 0.379 e. The first-order chi connectivity index (χ1) is 12.4. The zero-order valence-electron chi connectivity index (χ0n) is 14.5. The molecule has 0 aliphatic carbocycles. The summed E-state index contributed by atoms with van der Waals surface area (Å²) in [5.74, 6) is 0.292. The van der Waals surface area contributed by atoms with Gasteiger partial charge >= 0.3 is 0 Å². The number of guanidine groups is 1. The minimum Gasteiger partial charge on any atom is -0.379 e. The summed E-state index contributed by atoms with van der Waals surface area (Å²) in [5.41, 5.74) is 7.93. The van der Waals surface area contributed by atoms with Crippen LogP contribution < -0.4 is 11.1 Å². The lowest BCUT2D eigenvalue weighted by Crippen LogP contribution is -2.40. The molecule has 0 atom stereocenters. The lowest BCUT2D eigenvalue weighted by molar-refractivity contribution is 0.0731. The summed E-state index contributed by atoms with van der Waals surface area (Å²) in [7, 11) is -3.46. The summed E-state index contributed by atoms with van der Waals surface area (Å²) in [5, 5.41) is 3.02. The predicted molar refractivity (Wildman–Crippen MR) is 104 cm³/mol. The molecule has 1 aromatic carbocycles. The van der Waals surface area contributed by atoms with Gasteiger partial charge in [-0.2, -0.15) is 4.31 Å². The van der Waals surface area contributed by atoms with E-state index in [1.54, 1.807) is 12.1 Å². The summed E-state index contributed by atoms with van der Waals surface area (Å²) in [4.78, 5) is 5.12. The summed E-state index contributed by atoms with van der Waals surface area (Å²) in [6.45, 7) is 3.99. The number of nitrogens with one attached hydrogen (secondary N) is 1. The average molecular weight is 395 g/mol. The Bertz CT molecular complexity index is 870. The van der Waals surface area contributed by atoms with Crippen LogP contribution in [0.5, 0.6) is 0 Å². The number of aryl methyl sites for hydroxylation is 1. The van der Waals surface area contributed by atoms with Crippen molar-refractivity contribution in [3.05, 3.63) is 46.8 Å². The number of hydrogen-bond acceptors (Lipinski definition) is 5. The van der Waals surface area contributed by atoms with Crippen LogP contribution in [-0.4, -0.2) is 45.0 Å². The van der Waals surface area contributed by atoms with Gasteiger partial charge in [0.05, 0.1) is 19.8 Å². The van der Waals surface area contributed by atoms with E-state index in [0.29, 0.717) is 43.0 Å². The first-order valence-corrected chi connectivity index (χ1v) is 10.5. The minimum atomic E-state index is -3.46. The number of benzene rings is 1. The Labute approximate surface area is 157 Å². The van der Waals surface area contributed by atoms with Crippen LogP contribution in [0.3, 0.4) is 0 Å². The molecule has 0 amide bonds. The molecule has 1 fully saturated rings. The molecule has 0 saturated carbocycles. The SMILES string of the molecule is Cc1ccc(NC(N)=NCc2ccc(S(=O)(=O)N3CCOCC3)s2)cc1. The van der Waals surface area contributed by atoms with E-state index in [4.69, 9.17) is 10.5 Å². The maximum Gasteiger partial charge on any atom is 0.252 e. The van der Waals surface area contributed by atoms with E-state index in [9.17, 15) is 8.42 Å². The topological polar surface area (TPSA) is 97.0 Å². The molecule has 1 aliphatic rings. The zero-order chi connectivity index (χ0) is 18.6. The Morgan fingerprint density at radius 1 is 1.23 bits per heavy atom. The monoisotopic (exact) mass is 394 g/mol. The number of hydrogen-bond donors (Lipinski definition) is 2. The molecular weight excluding hydrogens is 372 g/mol. The highest BCUT2D eigenvalue weighted by Crippen LogP contribution is 2.26. The fraction of sp³-hybridized carbons (Fsp3) is 0.353. The number of anilines is 1. The Balaban J connectivity index is 1.63. The first-order valence-electron chi connectivity index (χ1n) is 8.25. The maximum absolute atomic E-state index is 12.6. The van der Waals surface area contributed by atoms with Gasteiger partial charge in [0.2, 0.25) is 0 Å². The van der Waals surface area contributed by atoms with Crippen molar-refractivity contribution in [3.63, 3.8) is 0 Å². The fourth-order valence-electron chi connectivity index (χ4n) is 2.48. The Hall–Kier alpha value is -1.94. The molecule has 0 bridgehead atoms. The molecule has 140 valence electrons. The first kappa shape index (κ1) is 18.8. The second kappa shape index (κ2) is 8.17. The molecule has 1 aliphatic heterocycles. The van der Waals surface area contributed by atoms with Crippen molar-refractivity contribution in [1.29, 1.82) is 0 Å². The van der Waals surface area contributed by atoms with Crippen LogP contribution >= 0.6 is 11.3 Å². The Morgan fingerprint density at radius 2 is 1.92 bits per heavy atom. The average Bonchev–Trinajstić information content (AvgIpc) is 3.13. The van der Waals surface area contributed by atoms with E-state index in [1.807, 2.05) is 31.2 Å². The highest BCUT2D eigenvalue weighted by atomic mass is 32.2. The molecule has 0 radical (unpaired) electrons. The van der Waals surface area contributed by atoms with Crippen molar-refractivity contribution in [1.82, 2.24) is 4.31 Å². The lowest BCUT2D eigenvalue weighted by Gasteiger charge is -2.25. The molecule has 1 aromatic heterocycles. The number of aliphatic imine (C=N–C) groups is 1. The number of nitrogens with two attached hydrogens (primary N) is 1. The van der Waals surface area contributed by atoms with Gasteiger partial charge in [0.1, 0.15) is 4.21 Å². The maximum atomic E-state index is 12.6. The van der Waals surface area contributed by atoms with Gasteiger partial charge in [-0.15, -0.1) is 11.3 Å². The zero-order valence-corrected chi connectivity index (χ0v) is 16.1. The van der Waals surface area contributed by atoms with Gasteiger partial charge in [0.25, 0.3) is 10.0 Å². The fourth-order valence-corrected chi connectivity index (χ4v) is 5.33. The highest BCUT2D eigenvalue weighted by molar-refractivity contribution is 7.91. The van der Waals surface area contributed by atoms with Gasteiger partial charge in [-0.1, -0.05) is 17.7 Å². The van der Waals surface area contributed by atoms with E-state index in [1.165, 1.54) is 21.2 Å². The molecule has 7 nitrogen and oxygen atoms in total. The summed E-state index contributed by atoms with van der Waals surface area (Å²) >= 11 is 1.22. The third kappa shape index (κ3) is 4.61. The van der Waals surface area contributed by atoms with Gasteiger partial charge in [-0.25, -0.2) is 13.4 Å². The van der Waals surface area contributed by atoms with Crippen LogP contribution in [0.15, 0.2) is 45.6 Å².